The summed E-state index contributed by atoms with van der Waals surface area (Å²) in [5.74, 6) is 0. The molecule has 0 bridgehead atoms. The molecule has 1 aromatic heterocycles. The first-order valence-electron chi connectivity index (χ1n) is 7.02. The Hall–Kier alpha value is -0.870. The van der Waals surface area contributed by atoms with E-state index >= 15 is 0 Å². The Kier molecular flexibility index (Phi) is 4.78. The SMILES string of the molecule is CNC1CCC(OCc2ccn(C(C)C)n2)CC1. The van der Waals surface area contributed by atoms with Gasteiger partial charge in [-0.05, 0) is 52.6 Å². The minimum Gasteiger partial charge on any atom is -0.372 e. The van der Waals surface area contributed by atoms with Crippen molar-refractivity contribution in [1.29, 1.82) is 0 Å². The molecule has 0 aromatic carbocycles. The summed E-state index contributed by atoms with van der Waals surface area (Å²) in [7, 11) is 2.05. The molecule has 4 nitrogen and oxygen atoms in total. The van der Waals surface area contributed by atoms with Crippen molar-refractivity contribution in [2.45, 2.75) is 64.3 Å². The van der Waals surface area contributed by atoms with Crippen LogP contribution in [0.2, 0.25) is 0 Å². The molecule has 0 unspecified atom stereocenters. The zero-order chi connectivity index (χ0) is 13.0. The second kappa shape index (κ2) is 6.34. The molecular weight excluding hydrogens is 226 g/mol. The summed E-state index contributed by atoms with van der Waals surface area (Å²) < 4.78 is 7.93. The lowest BCUT2D eigenvalue weighted by molar-refractivity contribution is 0.0101. The Labute approximate surface area is 110 Å². The van der Waals surface area contributed by atoms with Gasteiger partial charge in [0.05, 0.1) is 18.4 Å². The van der Waals surface area contributed by atoms with Crippen LogP contribution in [0.1, 0.15) is 51.3 Å². The summed E-state index contributed by atoms with van der Waals surface area (Å²) in [6, 6.07) is 3.16. The first-order valence-corrected chi connectivity index (χ1v) is 7.02. The highest BCUT2D eigenvalue weighted by Gasteiger charge is 2.20. The quantitative estimate of drug-likeness (QED) is 0.874. The molecule has 0 aliphatic heterocycles. The molecule has 4 heteroatoms. The third-order valence-corrected chi connectivity index (χ3v) is 3.74. The maximum absolute atomic E-state index is 5.95. The molecule has 102 valence electrons. The van der Waals surface area contributed by atoms with Gasteiger partial charge in [-0.25, -0.2) is 0 Å². The Morgan fingerprint density at radius 1 is 1.39 bits per heavy atom. The highest BCUT2D eigenvalue weighted by atomic mass is 16.5. The Morgan fingerprint density at radius 3 is 2.67 bits per heavy atom. The predicted molar refractivity (Wildman–Crippen MR) is 72.5 cm³/mol. The van der Waals surface area contributed by atoms with Gasteiger partial charge in [-0.15, -0.1) is 0 Å². The smallest absolute Gasteiger partial charge is 0.0910 e. The van der Waals surface area contributed by atoms with E-state index in [1.165, 1.54) is 12.8 Å². The highest BCUT2D eigenvalue weighted by molar-refractivity contribution is 4.98. The van der Waals surface area contributed by atoms with Crippen LogP contribution in [0.25, 0.3) is 0 Å². The molecule has 2 rings (SSSR count). The molecule has 0 amide bonds. The Bertz CT molecular complexity index is 354. The van der Waals surface area contributed by atoms with Crippen LogP contribution in [0.3, 0.4) is 0 Å². The molecule has 1 aliphatic rings. The van der Waals surface area contributed by atoms with Crippen molar-refractivity contribution >= 4 is 0 Å². The van der Waals surface area contributed by atoms with E-state index < -0.39 is 0 Å². The average Bonchev–Trinajstić information content (AvgIpc) is 2.86. The zero-order valence-corrected chi connectivity index (χ0v) is 11.7. The van der Waals surface area contributed by atoms with Gasteiger partial charge in [0.2, 0.25) is 0 Å². The van der Waals surface area contributed by atoms with Crippen molar-refractivity contribution in [2.24, 2.45) is 0 Å². The topological polar surface area (TPSA) is 39.1 Å². The fourth-order valence-electron chi connectivity index (χ4n) is 2.46. The van der Waals surface area contributed by atoms with E-state index in [-0.39, 0.29) is 0 Å². The molecule has 1 aliphatic carbocycles. The summed E-state index contributed by atoms with van der Waals surface area (Å²) in [6.45, 7) is 4.92. The molecule has 0 spiro atoms. The van der Waals surface area contributed by atoms with Gasteiger partial charge in [-0.2, -0.15) is 5.10 Å². The lowest BCUT2D eigenvalue weighted by Crippen LogP contribution is -2.32. The first kappa shape index (κ1) is 13.6. The average molecular weight is 251 g/mol. The van der Waals surface area contributed by atoms with E-state index in [1.807, 2.05) is 17.9 Å². The van der Waals surface area contributed by atoms with Crippen molar-refractivity contribution in [2.75, 3.05) is 7.05 Å². The van der Waals surface area contributed by atoms with Crippen LogP contribution in [0.4, 0.5) is 0 Å². The molecule has 1 heterocycles. The number of rotatable bonds is 5. The Morgan fingerprint density at radius 2 is 2.11 bits per heavy atom. The van der Waals surface area contributed by atoms with Crippen LogP contribution in [0.5, 0.6) is 0 Å². The van der Waals surface area contributed by atoms with Gasteiger partial charge in [0.1, 0.15) is 0 Å². The van der Waals surface area contributed by atoms with Crippen LogP contribution >= 0.6 is 0 Å². The van der Waals surface area contributed by atoms with Crippen molar-refractivity contribution < 1.29 is 4.74 Å². The third kappa shape index (κ3) is 3.56. The van der Waals surface area contributed by atoms with Crippen LogP contribution < -0.4 is 5.32 Å². The van der Waals surface area contributed by atoms with E-state index in [0.29, 0.717) is 24.8 Å². The highest BCUT2D eigenvalue weighted by Crippen LogP contribution is 2.21. The number of hydrogen-bond acceptors (Lipinski definition) is 3. The summed E-state index contributed by atoms with van der Waals surface area (Å²) in [6.07, 6.45) is 7.22. The van der Waals surface area contributed by atoms with E-state index in [1.54, 1.807) is 0 Å². The summed E-state index contributed by atoms with van der Waals surface area (Å²) in [5, 5.41) is 7.85. The van der Waals surface area contributed by atoms with Crippen LogP contribution in [-0.4, -0.2) is 29.0 Å². The largest absolute Gasteiger partial charge is 0.372 e. The second-order valence-electron chi connectivity index (χ2n) is 5.45. The molecule has 0 saturated heterocycles. The lowest BCUT2D eigenvalue weighted by Gasteiger charge is -2.28. The number of nitrogens with one attached hydrogen (secondary N) is 1. The minimum absolute atomic E-state index is 0.416. The van der Waals surface area contributed by atoms with Gasteiger partial charge in [-0.3, -0.25) is 4.68 Å². The monoisotopic (exact) mass is 251 g/mol. The second-order valence-corrected chi connectivity index (χ2v) is 5.45. The summed E-state index contributed by atoms with van der Waals surface area (Å²) in [4.78, 5) is 0. The third-order valence-electron chi connectivity index (χ3n) is 3.74. The molecule has 1 N–H and O–H groups in total. The van der Waals surface area contributed by atoms with Crippen molar-refractivity contribution in [3.63, 3.8) is 0 Å². The van der Waals surface area contributed by atoms with E-state index in [4.69, 9.17) is 4.74 Å². The fraction of sp³-hybridized carbons (Fsp3) is 0.786. The standard InChI is InChI=1S/C14H25N3O/c1-11(2)17-9-8-13(16-17)10-18-14-6-4-12(15-3)5-7-14/h8-9,11-12,14-15H,4-7,10H2,1-3H3. The molecule has 0 radical (unpaired) electrons. The predicted octanol–water partition coefficient (Wildman–Crippen LogP) is 2.51. The van der Waals surface area contributed by atoms with Gasteiger partial charge in [0.25, 0.3) is 0 Å². The van der Waals surface area contributed by atoms with Crippen molar-refractivity contribution in [3.8, 4) is 0 Å². The van der Waals surface area contributed by atoms with Crippen molar-refractivity contribution in [3.05, 3.63) is 18.0 Å². The molecule has 1 saturated carbocycles. The van der Waals surface area contributed by atoms with Gasteiger partial charge < -0.3 is 10.1 Å². The molecule has 1 fully saturated rings. The van der Waals surface area contributed by atoms with Gasteiger partial charge in [0.15, 0.2) is 0 Å². The van der Waals surface area contributed by atoms with Gasteiger partial charge in [0, 0.05) is 18.3 Å². The fourth-order valence-corrected chi connectivity index (χ4v) is 2.46. The van der Waals surface area contributed by atoms with E-state index in [2.05, 4.69) is 30.3 Å². The molecule has 1 aromatic rings. The molecule has 0 atom stereocenters. The maximum atomic E-state index is 5.95. The van der Waals surface area contributed by atoms with E-state index in [9.17, 15) is 0 Å². The zero-order valence-electron chi connectivity index (χ0n) is 11.7. The van der Waals surface area contributed by atoms with E-state index in [0.717, 1.165) is 18.5 Å². The van der Waals surface area contributed by atoms with Gasteiger partial charge in [-0.1, -0.05) is 0 Å². The maximum Gasteiger partial charge on any atom is 0.0910 e. The minimum atomic E-state index is 0.416. The number of hydrogen-bond donors (Lipinski definition) is 1. The van der Waals surface area contributed by atoms with Crippen LogP contribution in [0, 0.1) is 0 Å². The number of nitrogens with zero attached hydrogens (tertiary/aromatic N) is 2. The van der Waals surface area contributed by atoms with Gasteiger partial charge >= 0.3 is 0 Å². The lowest BCUT2D eigenvalue weighted by atomic mass is 9.93. The molecular formula is C14H25N3O. The summed E-state index contributed by atoms with van der Waals surface area (Å²) >= 11 is 0. The number of aromatic nitrogens is 2. The number of ether oxygens (including phenoxy) is 1. The van der Waals surface area contributed by atoms with Crippen molar-refractivity contribution in [1.82, 2.24) is 15.1 Å². The molecule has 18 heavy (non-hydrogen) atoms. The van der Waals surface area contributed by atoms with Crippen LogP contribution in [-0.2, 0) is 11.3 Å². The first-order chi connectivity index (χ1) is 8.69. The van der Waals surface area contributed by atoms with Crippen LogP contribution in [0.15, 0.2) is 12.3 Å². The summed E-state index contributed by atoms with van der Waals surface area (Å²) in [5.41, 5.74) is 1.04. The normalized spacial score (nSPS) is 24.7. The Balaban J connectivity index is 1.74.